The van der Waals surface area contributed by atoms with Crippen LogP contribution >= 0.6 is 11.6 Å². The molecule has 0 bridgehead atoms. The second kappa shape index (κ2) is 4.22. The fourth-order valence-corrected chi connectivity index (χ4v) is 2.74. The molecule has 1 aromatic carbocycles. The Morgan fingerprint density at radius 3 is 2.50 bits per heavy atom. The lowest BCUT2D eigenvalue weighted by atomic mass is 9.79. The van der Waals surface area contributed by atoms with Crippen LogP contribution in [0.4, 0.5) is 4.39 Å². The van der Waals surface area contributed by atoms with Crippen molar-refractivity contribution in [3.05, 3.63) is 28.5 Å². The third kappa shape index (κ3) is 1.78. The topological polar surface area (TPSA) is 46.2 Å². The Morgan fingerprint density at radius 2 is 2.00 bits per heavy atom. The van der Waals surface area contributed by atoms with E-state index in [4.69, 9.17) is 17.3 Å². The van der Waals surface area contributed by atoms with Crippen molar-refractivity contribution in [2.24, 2.45) is 5.73 Å². The van der Waals surface area contributed by atoms with Crippen molar-refractivity contribution in [2.75, 3.05) is 6.54 Å². The molecule has 3 N–H and O–H groups in total. The first kappa shape index (κ1) is 11.7. The van der Waals surface area contributed by atoms with E-state index in [9.17, 15) is 9.50 Å². The molecule has 1 saturated carbocycles. The Labute approximate surface area is 99.2 Å². The zero-order valence-electron chi connectivity index (χ0n) is 8.97. The molecule has 0 aromatic heterocycles. The van der Waals surface area contributed by atoms with Crippen molar-refractivity contribution in [3.63, 3.8) is 0 Å². The average molecular weight is 244 g/mol. The zero-order valence-corrected chi connectivity index (χ0v) is 9.73. The van der Waals surface area contributed by atoms with Crippen molar-refractivity contribution in [1.29, 1.82) is 0 Å². The fraction of sp³-hybridized carbons (Fsp3) is 0.500. The van der Waals surface area contributed by atoms with E-state index < -0.39 is 11.6 Å². The normalized spacial score (nSPS) is 18.9. The van der Waals surface area contributed by atoms with Crippen LogP contribution in [-0.4, -0.2) is 11.7 Å². The lowest BCUT2D eigenvalue weighted by molar-refractivity contribution is 0.421. The second-order valence-electron chi connectivity index (χ2n) is 4.48. The molecule has 16 heavy (non-hydrogen) atoms. The average Bonchev–Trinajstić information content (AvgIpc) is 2.75. The van der Waals surface area contributed by atoms with E-state index in [2.05, 4.69) is 0 Å². The van der Waals surface area contributed by atoms with Crippen molar-refractivity contribution >= 4 is 11.6 Å². The second-order valence-corrected chi connectivity index (χ2v) is 4.89. The highest BCUT2D eigenvalue weighted by atomic mass is 35.5. The molecule has 0 radical (unpaired) electrons. The molecule has 2 nitrogen and oxygen atoms in total. The number of halogens is 2. The zero-order chi connectivity index (χ0) is 11.8. The molecule has 1 fully saturated rings. The Bertz CT molecular complexity index is 379. The predicted molar refractivity (Wildman–Crippen MR) is 62.3 cm³/mol. The Kier molecular flexibility index (Phi) is 3.08. The summed E-state index contributed by atoms with van der Waals surface area (Å²) in [6.45, 7) is 0.494. The van der Waals surface area contributed by atoms with E-state index in [0.29, 0.717) is 6.54 Å². The number of hydrogen-bond donors (Lipinski definition) is 2. The first-order chi connectivity index (χ1) is 7.59. The molecule has 0 aliphatic heterocycles. The summed E-state index contributed by atoms with van der Waals surface area (Å²) in [5, 5.41) is 9.36. The highest BCUT2D eigenvalue weighted by Gasteiger charge is 2.35. The van der Waals surface area contributed by atoms with Gasteiger partial charge in [0.15, 0.2) is 11.6 Å². The van der Waals surface area contributed by atoms with Crippen molar-refractivity contribution in [3.8, 4) is 5.75 Å². The molecule has 2 rings (SSSR count). The summed E-state index contributed by atoms with van der Waals surface area (Å²) in [5.41, 5.74) is 6.47. The van der Waals surface area contributed by atoms with Gasteiger partial charge in [-0.2, -0.15) is 0 Å². The Balaban J connectivity index is 2.47. The summed E-state index contributed by atoms with van der Waals surface area (Å²) < 4.78 is 13.4. The van der Waals surface area contributed by atoms with E-state index >= 15 is 0 Å². The van der Waals surface area contributed by atoms with Gasteiger partial charge in [-0.3, -0.25) is 0 Å². The summed E-state index contributed by atoms with van der Waals surface area (Å²) in [7, 11) is 0. The van der Waals surface area contributed by atoms with Crippen molar-refractivity contribution in [1.82, 2.24) is 0 Å². The summed E-state index contributed by atoms with van der Waals surface area (Å²) in [4.78, 5) is 0. The standard InChI is InChI=1S/C12H15ClFNO/c13-9-5-8(6-10(14)11(9)16)12(7-15)3-1-2-4-12/h5-6,16H,1-4,7,15H2. The molecule has 1 aliphatic carbocycles. The van der Waals surface area contributed by atoms with Gasteiger partial charge in [0.2, 0.25) is 0 Å². The maximum atomic E-state index is 13.4. The monoisotopic (exact) mass is 243 g/mol. The third-order valence-corrected chi connectivity index (χ3v) is 3.87. The van der Waals surface area contributed by atoms with E-state index in [-0.39, 0.29) is 10.4 Å². The molecule has 1 aliphatic rings. The molecule has 0 atom stereocenters. The van der Waals surface area contributed by atoms with Gasteiger partial charge in [-0.25, -0.2) is 4.39 Å². The molecule has 4 heteroatoms. The Morgan fingerprint density at radius 1 is 1.38 bits per heavy atom. The van der Waals surface area contributed by atoms with Crippen LogP contribution in [0.3, 0.4) is 0 Å². The molecule has 1 aromatic rings. The predicted octanol–water partition coefficient (Wildman–Crippen LogP) is 2.96. The largest absolute Gasteiger partial charge is 0.504 e. The smallest absolute Gasteiger partial charge is 0.170 e. The van der Waals surface area contributed by atoms with Crippen LogP contribution in [0.15, 0.2) is 12.1 Å². The first-order valence-electron chi connectivity index (χ1n) is 5.48. The van der Waals surface area contributed by atoms with E-state index in [1.54, 1.807) is 6.07 Å². The first-order valence-corrected chi connectivity index (χ1v) is 5.85. The molecule has 0 saturated heterocycles. The molecule has 88 valence electrons. The van der Waals surface area contributed by atoms with Crippen LogP contribution in [0.25, 0.3) is 0 Å². The van der Waals surface area contributed by atoms with Crippen LogP contribution in [0.5, 0.6) is 5.75 Å². The van der Waals surface area contributed by atoms with Crippen LogP contribution in [-0.2, 0) is 5.41 Å². The van der Waals surface area contributed by atoms with E-state index in [1.807, 2.05) is 0 Å². The van der Waals surface area contributed by atoms with E-state index in [1.165, 1.54) is 6.07 Å². The van der Waals surface area contributed by atoms with Crippen molar-refractivity contribution < 1.29 is 9.50 Å². The molecule has 0 unspecified atom stereocenters. The van der Waals surface area contributed by atoms with Crippen LogP contribution in [0.2, 0.25) is 5.02 Å². The van der Waals surface area contributed by atoms with Gasteiger partial charge in [0, 0.05) is 12.0 Å². The number of phenols is 1. The van der Waals surface area contributed by atoms with Gasteiger partial charge >= 0.3 is 0 Å². The van der Waals surface area contributed by atoms with Gasteiger partial charge < -0.3 is 10.8 Å². The lowest BCUT2D eigenvalue weighted by Gasteiger charge is -2.28. The minimum atomic E-state index is -0.665. The van der Waals surface area contributed by atoms with Gasteiger partial charge in [-0.1, -0.05) is 24.4 Å². The van der Waals surface area contributed by atoms with Gasteiger partial charge in [0.25, 0.3) is 0 Å². The van der Waals surface area contributed by atoms with Gasteiger partial charge in [-0.05, 0) is 30.5 Å². The summed E-state index contributed by atoms with van der Waals surface area (Å²) in [5.74, 6) is -1.14. The van der Waals surface area contributed by atoms with E-state index in [0.717, 1.165) is 31.2 Å². The molecular weight excluding hydrogens is 229 g/mol. The number of aromatic hydroxyl groups is 1. The maximum Gasteiger partial charge on any atom is 0.170 e. The number of nitrogens with two attached hydrogens (primary N) is 1. The van der Waals surface area contributed by atoms with Gasteiger partial charge in [-0.15, -0.1) is 0 Å². The molecule has 0 amide bonds. The van der Waals surface area contributed by atoms with Gasteiger partial charge in [0.1, 0.15) is 0 Å². The van der Waals surface area contributed by atoms with Crippen molar-refractivity contribution in [2.45, 2.75) is 31.1 Å². The number of phenolic OH excluding ortho intramolecular Hbond substituents is 1. The van der Waals surface area contributed by atoms with Gasteiger partial charge in [0.05, 0.1) is 5.02 Å². The minimum Gasteiger partial charge on any atom is -0.504 e. The quantitative estimate of drug-likeness (QED) is 0.839. The lowest BCUT2D eigenvalue weighted by Crippen LogP contribution is -2.32. The number of benzene rings is 1. The molecular formula is C12H15ClFNO. The minimum absolute atomic E-state index is 0.0646. The van der Waals surface area contributed by atoms with Crippen LogP contribution in [0.1, 0.15) is 31.2 Å². The molecule has 0 heterocycles. The Hall–Kier alpha value is -0.800. The SMILES string of the molecule is NCC1(c2cc(F)c(O)c(Cl)c2)CCCC1. The highest BCUT2D eigenvalue weighted by Crippen LogP contribution is 2.42. The fourth-order valence-electron chi connectivity index (χ4n) is 2.53. The third-order valence-electron chi connectivity index (χ3n) is 3.58. The maximum absolute atomic E-state index is 13.4. The molecule has 0 spiro atoms. The summed E-state index contributed by atoms with van der Waals surface area (Å²) in [6, 6.07) is 3.00. The summed E-state index contributed by atoms with van der Waals surface area (Å²) >= 11 is 5.79. The van der Waals surface area contributed by atoms with Crippen LogP contribution < -0.4 is 5.73 Å². The number of hydrogen-bond acceptors (Lipinski definition) is 2. The van der Waals surface area contributed by atoms with Crippen LogP contribution in [0, 0.1) is 5.82 Å². The summed E-state index contributed by atoms with van der Waals surface area (Å²) in [6.07, 6.45) is 4.14. The highest BCUT2D eigenvalue weighted by molar-refractivity contribution is 6.32. The number of rotatable bonds is 2.